The summed E-state index contributed by atoms with van der Waals surface area (Å²) in [4.78, 5) is 67.3. The Hall–Kier alpha value is -6.51. The molecule has 14 nitrogen and oxygen atoms in total. The third-order valence-corrected chi connectivity index (χ3v) is 12.0. The van der Waals surface area contributed by atoms with Crippen LogP contribution in [-0.2, 0) is 40.8 Å². The van der Waals surface area contributed by atoms with E-state index in [1.165, 1.54) is 0 Å². The lowest BCUT2D eigenvalue weighted by atomic mass is 9.97. The van der Waals surface area contributed by atoms with Crippen LogP contribution >= 0.6 is 0 Å². The molecule has 2 aliphatic heterocycles. The molecule has 330 valence electrons. The number of carbonyl (C=O) groups is 4. The summed E-state index contributed by atoms with van der Waals surface area (Å²) in [6.07, 6.45) is 5.21. The number of nitrogens with zero attached hydrogens (tertiary/aromatic N) is 7. The Bertz CT molecular complexity index is 2410. The average molecular weight is 854 g/mol. The smallest absolute Gasteiger partial charge is 0.257 e. The Morgan fingerprint density at radius 3 is 2.38 bits per heavy atom. The van der Waals surface area contributed by atoms with Crippen molar-refractivity contribution in [1.82, 2.24) is 34.3 Å². The standard InChI is InChI=1S/C49H59N9O5/c1-7-25-55-32-46(61)57-42(27-36-16-20-39(59)21-17-36)49(63)54(31-44(57)58(55)45(60)23-18-35-12-9-8-10-13-35)29-37-14-11-15-40-41(30-53(6)47(37)40)48(62)52-38-19-22-43(51-28-38)50-24-26-56(33(2)3)34(4)5/h7-17,19-22,28,30,33-34,42,44,59H,1,18,23-27,29,31-32H2,2-6H3,(H,50,51)(H,52,62). The second-order valence-electron chi connectivity index (χ2n) is 17.0. The molecule has 0 bridgehead atoms. The maximum atomic E-state index is 14.8. The number of rotatable bonds is 17. The van der Waals surface area contributed by atoms with Crippen molar-refractivity contribution in [3.8, 4) is 5.75 Å². The average Bonchev–Trinajstić information content (AvgIpc) is 3.61. The second kappa shape index (κ2) is 19.7. The van der Waals surface area contributed by atoms with Gasteiger partial charge in [0.2, 0.25) is 17.7 Å². The molecule has 0 radical (unpaired) electrons. The van der Waals surface area contributed by atoms with Crippen LogP contribution in [0.3, 0.4) is 0 Å². The molecule has 2 atom stereocenters. The number of hydrazine groups is 1. The number of pyridine rings is 1. The van der Waals surface area contributed by atoms with E-state index >= 15 is 0 Å². The van der Waals surface area contributed by atoms with Gasteiger partial charge in [0, 0.05) is 69.7 Å². The lowest BCUT2D eigenvalue weighted by molar-refractivity contribution is -0.205. The summed E-state index contributed by atoms with van der Waals surface area (Å²) >= 11 is 0. The van der Waals surface area contributed by atoms with Crippen molar-refractivity contribution in [3.63, 3.8) is 0 Å². The van der Waals surface area contributed by atoms with Crippen LogP contribution in [0.1, 0.15) is 61.2 Å². The summed E-state index contributed by atoms with van der Waals surface area (Å²) < 4.78 is 1.90. The van der Waals surface area contributed by atoms with Gasteiger partial charge < -0.3 is 30.1 Å². The molecular formula is C49H59N9O5. The van der Waals surface area contributed by atoms with Gasteiger partial charge in [-0.3, -0.25) is 24.1 Å². The first-order valence-electron chi connectivity index (χ1n) is 21.8. The molecule has 14 heteroatoms. The Kier molecular flexibility index (Phi) is 13.9. The molecule has 3 aromatic carbocycles. The number of para-hydroxylation sites is 1. The highest BCUT2D eigenvalue weighted by molar-refractivity contribution is 6.13. The van der Waals surface area contributed by atoms with Crippen LogP contribution in [0.2, 0.25) is 0 Å². The van der Waals surface area contributed by atoms with E-state index in [2.05, 4.69) is 54.8 Å². The van der Waals surface area contributed by atoms with Crippen LogP contribution in [0.5, 0.6) is 5.75 Å². The van der Waals surface area contributed by atoms with Gasteiger partial charge in [-0.25, -0.2) is 15.0 Å². The molecule has 0 aliphatic carbocycles. The van der Waals surface area contributed by atoms with Gasteiger partial charge in [-0.05, 0) is 75.1 Å². The Morgan fingerprint density at radius 2 is 1.70 bits per heavy atom. The van der Waals surface area contributed by atoms with Crippen LogP contribution in [-0.4, -0.2) is 120 Å². The minimum absolute atomic E-state index is 0.0705. The van der Waals surface area contributed by atoms with Gasteiger partial charge >= 0.3 is 0 Å². The minimum atomic E-state index is -0.921. The molecule has 3 N–H and O–H groups in total. The summed E-state index contributed by atoms with van der Waals surface area (Å²) in [5, 5.41) is 20.5. The maximum absolute atomic E-state index is 14.8. The number of aromatic hydroxyl groups is 1. The quantitative estimate of drug-likeness (QED) is 0.0953. The Morgan fingerprint density at radius 1 is 0.952 bits per heavy atom. The van der Waals surface area contributed by atoms with Crippen molar-refractivity contribution < 1.29 is 24.3 Å². The van der Waals surface area contributed by atoms with Crippen molar-refractivity contribution in [2.75, 3.05) is 43.4 Å². The predicted molar refractivity (Wildman–Crippen MR) is 246 cm³/mol. The van der Waals surface area contributed by atoms with E-state index in [9.17, 15) is 24.3 Å². The van der Waals surface area contributed by atoms with Gasteiger partial charge in [-0.1, -0.05) is 66.7 Å². The maximum Gasteiger partial charge on any atom is 0.257 e. The van der Waals surface area contributed by atoms with Crippen LogP contribution < -0.4 is 10.6 Å². The highest BCUT2D eigenvalue weighted by Crippen LogP contribution is 2.32. The first-order valence-corrected chi connectivity index (χ1v) is 21.8. The molecule has 0 spiro atoms. The fourth-order valence-electron chi connectivity index (χ4n) is 9.03. The van der Waals surface area contributed by atoms with Crippen LogP contribution in [0.15, 0.2) is 110 Å². The summed E-state index contributed by atoms with van der Waals surface area (Å²) in [5.41, 5.74) is 4.39. The van der Waals surface area contributed by atoms with Crippen LogP contribution in [0, 0.1) is 0 Å². The number of anilines is 2. The van der Waals surface area contributed by atoms with Crippen molar-refractivity contribution >= 4 is 46.0 Å². The van der Waals surface area contributed by atoms with Gasteiger partial charge in [0.15, 0.2) is 0 Å². The molecule has 2 fully saturated rings. The number of piperazine rings is 1. The minimum Gasteiger partial charge on any atom is -0.508 e. The molecule has 7 rings (SSSR count). The third kappa shape index (κ3) is 10.1. The molecular weight excluding hydrogens is 795 g/mol. The van der Waals surface area contributed by atoms with Gasteiger partial charge in [0.05, 0.1) is 36.1 Å². The highest BCUT2D eigenvalue weighted by atomic mass is 16.3. The summed E-state index contributed by atoms with van der Waals surface area (Å²) in [7, 11) is 1.87. The monoisotopic (exact) mass is 853 g/mol. The number of benzene rings is 3. The van der Waals surface area contributed by atoms with E-state index in [0.29, 0.717) is 35.1 Å². The largest absolute Gasteiger partial charge is 0.508 e. The lowest BCUT2D eigenvalue weighted by Gasteiger charge is -2.55. The number of hydrogen-bond donors (Lipinski definition) is 3. The topological polar surface area (TPSA) is 147 Å². The molecule has 2 unspecified atom stereocenters. The van der Waals surface area contributed by atoms with E-state index < -0.39 is 12.2 Å². The van der Waals surface area contributed by atoms with E-state index in [0.717, 1.165) is 41.1 Å². The normalized spacial score (nSPS) is 16.9. The van der Waals surface area contributed by atoms with Crippen molar-refractivity contribution in [3.05, 3.63) is 132 Å². The predicted octanol–water partition coefficient (Wildman–Crippen LogP) is 6.05. The first-order chi connectivity index (χ1) is 30.3. The fourth-order valence-corrected chi connectivity index (χ4v) is 9.03. The van der Waals surface area contributed by atoms with Crippen LogP contribution in [0.25, 0.3) is 10.9 Å². The number of fused-ring (bicyclic) bond motifs is 2. The lowest BCUT2D eigenvalue weighted by Crippen LogP contribution is -2.75. The van der Waals surface area contributed by atoms with Crippen LogP contribution in [0.4, 0.5) is 11.5 Å². The Labute approximate surface area is 369 Å². The fraction of sp³-hybridized carbons (Fsp3) is 0.367. The molecule has 5 aromatic rings. The van der Waals surface area contributed by atoms with Gasteiger partial charge in [-0.2, -0.15) is 0 Å². The SMILES string of the molecule is C=CCN1CC(=O)N2C(Cc3ccc(O)cc3)C(=O)N(Cc3cccc4c(C(=O)Nc5ccc(NCCN(C(C)C)C(C)C)nc5)cn(C)c34)CC2N1C(=O)CCc1ccccc1. The second-order valence-corrected chi connectivity index (χ2v) is 17.0. The molecule has 2 saturated heterocycles. The number of nitrogens with one attached hydrogen (secondary N) is 2. The molecule has 4 amide bonds. The van der Waals surface area contributed by atoms with E-state index in [1.807, 2.05) is 72.3 Å². The number of carbonyl (C=O) groups excluding carboxylic acids is 4. The third-order valence-electron chi connectivity index (χ3n) is 12.0. The number of amides is 4. The number of hydrogen-bond acceptors (Lipinski definition) is 9. The number of phenolic OH excluding ortho intramolecular Hbond substituents is 1. The highest BCUT2D eigenvalue weighted by Gasteiger charge is 2.51. The van der Waals surface area contributed by atoms with Gasteiger partial charge in [-0.15, -0.1) is 6.58 Å². The first kappa shape index (κ1) is 44.5. The van der Waals surface area contributed by atoms with Crippen molar-refractivity contribution in [2.45, 2.75) is 77.8 Å². The van der Waals surface area contributed by atoms with E-state index in [4.69, 9.17) is 0 Å². The molecule has 4 heterocycles. The van der Waals surface area contributed by atoms with Crippen molar-refractivity contribution in [2.24, 2.45) is 7.05 Å². The summed E-state index contributed by atoms with van der Waals surface area (Å²) in [6, 6.07) is 25.7. The van der Waals surface area contributed by atoms with E-state index in [1.54, 1.807) is 62.6 Å². The molecule has 0 saturated carbocycles. The number of phenols is 1. The van der Waals surface area contributed by atoms with Gasteiger partial charge in [0.25, 0.3) is 5.91 Å². The summed E-state index contributed by atoms with van der Waals surface area (Å²) in [6.45, 7) is 14.7. The molecule has 63 heavy (non-hydrogen) atoms. The van der Waals surface area contributed by atoms with E-state index in [-0.39, 0.29) is 68.4 Å². The van der Waals surface area contributed by atoms with Gasteiger partial charge in [0.1, 0.15) is 23.8 Å². The number of aryl methyl sites for hydroxylation is 2. The summed E-state index contributed by atoms with van der Waals surface area (Å²) in [5.74, 6) is -0.158. The zero-order valence-corrected chi connectivity index (χ0v) is 36.9. The zero-order valence-electron chi connectivity index (χ0n) is 36.9. The zero-order chi connectivity index (χ0) is 44.8. The Balaban J connectivity index is 1.14. The number of aromatic nitrogens is 2. The molecule has 2 aromatic heterocycles. The molecule has 2 aliphatic rings. The van der Waals surface area contributed by atoms with Crippen molar-refractivity contribution in [1.29, 1.82) is 0 Å².